The monoisotopic (exact) mass is 250 g/mol. The van der Waals surface area contributed by atoms with Crippen LogP contribution in [0.2, 0.25) is 0 Å². The molecular formula is C13H22N4O. The van der Waals surface area contributed by atoms with Gasteiger partial charge < -0.3 is 15.4 Å². The Morgan fingerprint density at radius 1 is 1.39 bits per heavy atom. The minimum Gasteiger partial charge on any atom is -0.478 e. The van der Waals surface area contributed by atoms with Gasteiger partial charge in [-0.2, -0.15) is 0 Å². The van der Waals surface area contributed by atoms with Gasteiger partial charge in [0.05, 0.1) is 6.61 Å². The van der Waals surface area contributed by atoms with E-state index in [1.807, 2.05) is 13.0 Å². The Hall–Kier alpha value is -1.36. The molecule has 1 unspecified atom stereocenters. The third-order valence-electron chi connectivity index (χ3n) is 3.36. The van der Waals surface area contributed by atoms with Gasteiger partial charge in [0.25, 0.3) is 0 Å². The number of ether oxygens (including phenoxy) is 1. The number of aromatic nitrogens is 2. The average molecular weight is 250 g/mol. The smallest absolute Gasteiger partial charge is 0.218 e. The summed E-state index contributed by atoms with van der Waals surface area (Å²) in [6, 6.07) is 2.30. The molecule has 1 aromatic rings. The summed E-state index contributed by atoms with van der Waals surface area (Å²) in [5, 5.41) is 0. The third kappa shape index (κ3) is 3.10. The average Bonchev–Trinajstić information content (AvgIpc) is 2.64. The van der Waals surface area contributed by atoms with Crippen LogP contribution in [0.3, 0.4) is 0 Å². The lowest BCUT2D eigenvalue weighted by Gasteiger charge is -2.30. The summed E-state index contributed by atoms with van der Waals surface area (Å²) < 4.78 is 5.43. The van der Waals surface area contributed by atoms with E-state index >= 15 is 0 Å². The van der Waals surface area contributed by atoms with E-state index in [-0.39, 0.29) is 0 Å². The molecule has 2 heterocycles. The summed E-state index contributed by atoms with van der Waals surface area (Å²) in [7, 11) is 0. The Balaban J connectivity index is 2.18. The van der Waals surface area contributed by atoms with Crippen LogP contribution in [0.4, 0.5) is 5.82 Å². The molecule has 1 aromatic heterocycles. The molecule has 0 bridgehead atoms. The van der Waals surface area contributed by atoms with Crippen molar-refractivity contribution in [3.05, 3.63) is 12.4 Å². The molecule has 18 heavy (non-hydrogen) atoms. The van der Waals surface area contributed by atoms with Crippen LogP contribution in [-0.2, 0) is 0 Å². The predicted molar refractivity (Wildman–Crippen MR) is 71.9 cm³/mol. The molecule has 2 rings (SSSR count). The number of hydrogen-bond acceptors (Lipinski definition) is 5. The predicted octanol–water partition coefficient (Wildman–Crippen LogP) is 1.58. The first-order chi connectivity index (χ1) is 8.85. The van der Waals surface area contributed by atoms with E-state index in [0.717, 1.165) is 18.8 Å². The molecule has 0 aromatic carbocycles. The van der Waals surface area contributed by atoms with Crippen LogP contribution in [0.25, 0.3) is 0 Å². The van der Waals surface area contributed by atoms with Gasteiger partial charge in [-0.05, 0) is 19.8 Å². The highest BCUT2D eigenvalue weighted by Crippen LogP contribution is 2.23. The lowest BCUT2D eigenvalue weighted by atomic mass is 10.1. The van der Waals surface area contributed by atoms with Gasteiger partial charge in [-0.3, -0.25) is 0 Å². The zero-order chi connectivity index (χ0) is 12.8. The van der Waals surface area contributed by atoms with Gasteiger partial charge >= 0.3 is 0 Å². The van der Waals surface area contributed by atoms with Crippen LogP contribution >= 0.6 is 0 Å². The first-order valence-corrected chi connectivity index (χ1v) is 6.76. The van der Waals surface area contributed by atoms with E-state index in [1.165, 1.54) is 19.3 Å². The van der Waals surface area contributed by atoms with Crippen molar-refractivity contribution in [1.82, 2.24) is 9.97 Å². The maximum atomic E-state index is 5.88. The second-order valence-corrected chi connectivity index (χ2v) is 4.58. The molecule has 1 fully saturated rings. The fourth-order valence-corrected chi connectivity index (χ4v) is 2.44. The van der Waals surface area contributed by atoms with Crippen molar-refractivity contribution in [2.75, 3.05) is 24.6 Å². The van der Waals surface area contributed by atoms with E-state index in [9.17, 15) is 0 Å². The lowest BCUT2D eigenvalue weighted by molar-refractivity contribution is 0.326. The summed E-state index contributed by atoms with van der Waals surface area (Å²) >= 11 is 0. The SMILES string of the molecule is CCOc1cc(N2CCCCCC2CN)ncn1. The Labute approximate surface area is 108 Å². The number of anilines is 1. The molecule has 0 radical (unpaired) electrons. The van der Waals surface area contributed by atoms with Gasteiger partial charge in [-0.1, -0.05) is 12.8 Å². The van der Waals surface area contributed by atoms with Gasteiger partial charge in [0.15, 0.2) is 0 Å². The minimum absolute atomic E-state index is 0.386. The summed E-state index contributed by atoms with van der Waals surface area (Å²) in [5.41, 5.74) is 5.88. The lowest BCUT2D eigenvalue weighted by Crippen LogP contribution is -2.40. The van der Waals surface area contributed by atoms with E-state index in [0.29, 0.717) is 25.1 Å². The van der Waals surface area contributed by atoms with E-state index in [4.69, 9.17) is 10.5 Å². The molecule has 100 valence electrons. The van der Waals surface area contributed by atoms with Crippen molar-refractivity contribution in [2.45, 2.75) is 38.6 Å². The van der Waals surface area contributed by atoms with E-state index in [1.54, 1.807) is 6.33 Å². The molecule has 5 heteroatoms. The topological polar surface area (TPSA) is 64.3 Å². The van der Waals surface area contributed by atoms with Crippen LogP contribution in [0.15, 0.2) is 12.4 Å². The minimum atomic E-state index is 0.386. The van der Waals surface area contributed by atoms with Crippen LogP contribution in [0, 0.1) is 0 Å². The van der Waals surface area contributed by atoms with Crippen molar-refractivity contribution in [2.24, 2.45) is 5.73 Å². The Morgan fingerprint density at radius 3 is 3.06 bits per heavy atom. The highest BCUT2D eigenvalue weighted by atomic mass is 16.5. The Morgan fingerprint density at radius 2 is 2.28 bits per heavy atom. The maximum Gasteiger partial charge on any atom is 0.218 e. The summed E-state index contributed by atoms with van der Waals surface area (Å²) in [6.07, 6.45) is 6.44. The second-order valence-electron chi connectivity index (χ2n) is 4.58. The normalized spacial score (nSPS) is 20.6. The van der Waals surface area contributed by atoms with Crippen LogP contribution in [0.1, 0.15) is 32.6 Å². The molecule has 0 aliphatic carbocycles. The van der Waals surface area contributed by atoms with Crippen LogP contribution in [0.5, 0.6) is 5.88 Å². The summed E-state index contributed by atoms with van der Waals surface area (Å²) in [6.45, 7) is 4.27. The molecular weight excluding hydrogens is 228 g/mol. The standard InChI is InChI=1S/C13H22N4O/c1-2-18-13-8-12(15-10-16-13)17-7-5-3-4-6-11(17)9-14/h8,10-11H,2-7,9,14H2,1H3. The van der Waals surface area contributed by atoms with Crippen molar-refractivity contribution in [3.8, 4) is 5.88 Å². The van der Waals surface area contributed by atoms with Crippen LogP contribution < -0.4 is 15.4 Å². The van der Waals surface area contributed by atoms with E-state index < -0.39 is 0 Å². The second kappa shape index (κ2) is 6.54. The molecule has 1 atom stereocenters. The first-order valence-electron chi connectivity index (χ1n) is 6.76. The van der Waals surface area contributed by atoms with Gasteiger partial charge in [0.2, 0.25) is 5.88 Å². The van der Waals surface area contributed by atoms with Crippen molar-refractivity contribution in [3.63, 3.8) is 0 Å². The summed E-state index contributed by atoms with van der Waals surface area (Å²) in [4.78, 5) is 10.8. The van der Waals surface area contributed by atoms with Crippen molar-refractivity contribution < 1.29 is 4.74 Å². The number of rotatable bonds is 4. The van der Waals surface area contributed by atoms with E-state index in [2.05, 4.69) is 14.9 Å². The maximum absolute atomic E-state index is 5.88. The Bertz CT molecular complexity index is 372. The molecule has 0 amide bonds. The van der Waals surface area contributed by atoms with Gasteiger partial charge in [0, 0.05) is 25.2 Å². The number of hydrogen-bond donors (Lipinski definition) is 1. The molecule has 1 aliphatic heterocycles. The zero-order valence-electron chi connectivity index (χ0n) is 11.0. The fourth-order valence-electron chi connectivity index (χ4n) is 2.44. The third-order valence-corrected chi connectivity index (χ3v) is 3.36. The zero-order valence-corrected chi connectivity index (χ0v) is 11.0. The van der Waals surface area contributed by atoms with Crippen molar-refractivity contribution in [1.29, 1.82) is 0 Å². The van der Waals surface area contributed by atoms with Gasteiger partial charge in [0.1, 0.15) is 12.1 Å². The largest absolute Gasteiger partial charge is 0.478 e. The van der Waals surface area contributed by atoms with Gasteiger partial charge in [-0.25, -0.2) is 9.97 Å². The number of nitrogens with zero attached hydrogens (tertiary/aromatic N) is 3. The van der Waals surface area contributed by atoms with Gasteiger partial charge in [-0.15, -0.1) is 0 Å². The molecule has 2 N–H and O–H groups in total. The number of nitrogens with two attached hydrogens (primary N) is 1. The van der Waals surface area contributed by atoms with Crippen LogP contribution in [-0.4, -0.2) is 35.7 Å². The molecule has 1 aliphatic rings. The first kappa shape index (κ1) is 13.1. The molecule has 0 saturated carbocycles. The van der Waals surface area contributed by atoms with Crippen molar-refractivity contribution >= 4 is 5.82 Å². The Kier molecular flexibility index (Phi) is 4.75. The fraction of sp³-hybridized carbons (Fsp3) is 0.692. The molecule has 0 spiro atoms. The summed E-state index contributed by atoms with van der Waals surface area (Å²) in [5.74, 6) is 1.58. The molecule has 5 nitrogen and oxygen atoms in total. The molecule has 1 saturated heterocycles. The quantitative estimate of drug-likeness (QED) is 0.879. The highest BCUT2D eigenvalue weighted by molar-refractivity contribution is 5.42. The highest BCUT2D eigenvalue weighted by Gasteiger charge is 2.21.